The SMILES string of the molecule is COc1cc(C=Nn2c(SC)nnc2C(F)F)cc(OC)c1O. The number of nitrogens with zero attached hydrogens (tertiary/aromatic N) is 4. The Morgan fingerprint density at radius 1 is 1.26 bits per heavy atom. The second kappa shape index (κ2) is 7.27. The lowest BCUT2D eigenvalue weighted by atomic mass is 10.2. The number of benzene rings is 1. The van der Waals surface area contributed by atoms with Gasteiger partial charge in [-0.1, -0.05) is 11.8 Å². The second-order valence-corrected chi connectivity index (χ2v) is 4.95. The van der Waals surface area contributed by atoms with E-state index < -0.39 is 12.2 Å². The van der Waals surface area contributed by atoms with E-state index in [1.165, 1.54) is 32.6 Å². The van der Waals surface area contributed by atoms with E-state index in [2.05, 4.69) is 15.3 Å². The van der Waals surface area contributed by atoms with Crippen LogP contribution >= 0.6 is 11.8 Å². The van der Waals surface area contributed by atoms with Crippen molar-refractivity contribution in [2.75, 3.05) is 20.5 Å². The van der Waals surface area contributed by atoms with Crippen molar-refractivity contribution in [2.45, 2.75) is 11.6 Å². The van der Waals surface area contributed by atoms with Gasteiger partial charge in [0.25, 0.3) is 6.43 Å². The molecule has 0 aliphatic rings. The predicted octanol–water partition coefficient (Wildman–Crippen LogP) is 2.54. The zero-order valence-electron chi connectivity index (χ0n) is 12.5. The molecule has 0 radical (unpaired) electrons. The van der Waals surface area contributed by atoms with Crippen LogP contribution in [0.1, 0.15) is 17.8 Å². The molecule has 1 N–H and O–H groups in total. The number of alkyl halides is 2. The first kappa shape index (κ1) is 17.0. The van der Waals surface area contributed by atoms with Gasteiger partial charge < -0.3 is 14.6 Å². The van der Waals surface area contributed by atoms with Gasteiger partial charge in [-0.25, -0.2) is 8.78 Å². The molecular weight excluding hydrogens is 330 g/mol. The van der Waals surface area contributed by atoms with Crippen LogP contribution in [0.15, 0.2) is 22.4 Å². The lowest BCUT2D eigenvalue weighted by Gasteiger charge is -2.09. The quantitative estimate of drug-likeness (QED) is 0.641. The molecule has 1 heterocycles. The minimum atomic E-state index is -2.80. The fraction of sp³-hybridized carbons (Fsp3) is 0.308. The molecule has 0 fully saturated rings. The number of methoxy groups -OCH3 is 2. The third-order valence-corrected chi connectivity index (χ3v) is 3.46. The van der Waals surface area contributed by atoms with Gasteiger partial charge in [-0.2, -0.15) is 9.78 Å². The molecule has 2 rings (SSSR count). The van der Waals surface area contributed by atoms with Crippen LogP contribution in [0.5, 0.6) is 17.2 Å². The minimum Gasteiger partial charge on any atom is -0.502 e. The Labute approximate surface area is 134 Å². The topological polar surface area (TPSA) is 81.8 Å². The molecule has 0 aliphatic carbocycles. The Morgan fingerprint density at radius 3 is 2.35 bits per heavy atom. The summed E-state index contributed by atoms with van der Waals surface area (Å²) in [6.45, 7) is 0. The number of ether oxygens (including phenoxy) is 2. The normalized spacial score (nSPS) is 11.4. The van der Waals surface area contributed by atoms with E-state index in [1.54, 1.807) is 6.26 Å². The van der Waals surface area contributed by atoms with Crippen molar-refractivity contribution in [2.24, 2.45) is 5.10 Å². The standard InChI is InChI=1S/C13H14F2N4O3S/c1-21-8-4-7(5-9(22-2)10(8)20)6-16-19-12(11(14)15)17-18-13(19)23-3/h4-6,11,20H,1-3H3. The maximum absolute atomic E-state index is 12.9. The fourth-order valence-electron chi connectivity index (χ4n) is 1.76. The Bertz CT molecular complexity index is 696. The van der Waals surface area contributed by atoms with Crippen molar-refractivity contribution in [3.63, 3.8) is 0 Å². The zero-order valence-corrected chi connectivity index (χ0v) is 13.3. The zero-order chi connectivity index (χ0) is 17.0. The maximum atomic E-state index is 12.9. The van der Waals surface area contributed by atoms with Gasteiger partial charge in [0.1, 0.15) is 0 Å². The smallest absolute Gasteiger partial charge is 0.299 e. The van der Waals surface area contributed by atoms with Gasteiger partial charge in [-0.15, -0.1) is 10.2 Å². The van der Waals surface area contributed by atoms with Crippen LogP contribution in [0.3, 0.4) is 0 Å². The molecule has 10 heteroatoms. The highest BCUT2D eigenvalue weighted by atomic mass is 32.2. The fourth-order valence-corrected chi connectivity index (χ4v) is 2.20. The first-order valence-electron chi connectivity index (χ1n) is 6.28. The number of halogens is 2. The van der Waals surface area contributed by atoms with Gasteiger partial charge in [-0.3, -0.25) is 0 Å². The lowest BCUT2D eigenvalue weighted by Crippen LogP contribution is -2.01. The number of rotatable bonds is 6. The Morgan fingerprint density at radius 2 is 1.87 bits per heavy atom. The van der Waals surface area contributed by atoms with Crippen molar-refractivity contribution in [3.8, 4) is 17.2 Å². The number of hydrogen-bond donors (Lipinski definition) is 1. The summed E-state index contributed by atoms with van der Waals surface area (Å²) in [7, 11) is 2.77. The monoisotopic (exact) mass is 344 g/mol. The van der Waals surface area contributed by atoms with E-state index in [4.69, 9.17) is 9.47 Å². The summed E-state index contributed by atoms with van der Waals surface area (Å²) in [4.78, 5) is 0. The molecule has 23 heavy (non-hydrogen) atoms. The average Bonchev–Trinajstić information content (AvgIpc) is 2.96. The summed E-state index contributed by atoms with van der Waals surface area (Å²) in [6.07, 6.45) is 0.196. The molecule has 0 atom stereocenters. The van der Waals surface area contributed by atoms with E-state index in [9.17, 15) is 13.9 Å². The predicted molar refractivity (Wildman–Crippen MR) is 81.0 cm³/mol. The van der Waals surface area contributed by atoms with Gasteiger partial charge in [0.05, 0.1) is 20.4 Å². The van der Waals surface area contributed by atoms with Crippen LogP contribution in [0, 0.1) is 0 Å². The molecule has 0 aliphatic heterocycles. The Balaban J connectivity index is 2.43. The van der Waals surface area contributed by atoms with Crippen LogP contribution in [-0.4, -0.2) is 46.7 Å². The molecule has 0 bridgehead atoms. The summed E-state index contributed by atoms with van der Waals surface area (Å²) < 4.78 is 36.8. The van der Waals surface area contributed by atoms with Crippen molar-refractivity contribution in [1.82, 2.24) is 14.9 Å². The van der Waals surface area contributed by atoms with Crippen LogP contribution < -0.4 is 9.47 Å². The average molecular weight is 344 g/mol. The first-order chi connectivity index (χ1) is 11.0. The van der Waals surface area contributed by atoms with E-state index in [0.29, 0.717) is 5.56 Å². The number of hydrogen-bond acceptors (Lipinski definition) is 7. The number of thioether (sulfide) groups is 1. The van der Waals surface area contributed by atoms with E-state index in [1.807, 2.05) is 0 Å². The van der Waals surface area contributed by atoms with E-state index >= 15 is 0 Å². The Kier molecular flexibility index (Phi) is 5.37. The van der Waals surface area contributed by atoms with E-state index in [-0.39, 0.29) is 22.4 Å². The highest BCUT2D eigenvalue weighted by Gasteiger charge is 2.19. The Hall–Kier alpha value is -2.36. The van der Waals surface area contributed by atoms with Gasteiger partial charge in [-0.05, 0) is 18.4 Å². The van der Waals surface area contributed by atoms with Crippen LogP contribution in [0.2, 0.25) is 0 Å². The van der Waals surface area contributed by atoms with Gasteiger partial charge in [0, 0.05) is 5.56 Å². The molecule has 0 unspecified atom stereocenters. The molecule has 0 saturated carbocycles. The van der Waals surface area contributed by atoms with Crippen molar-refractivity contribution < 1.29 is 23.4 Å². The molecule has 0 saturated heterocycles. The third kappa shape index (κ3) is 3.52. The van der Waals surface area contributed by atoms with Gasteiger partial charge in [0.2, 0.25) is 16.7 Å². The number of phenolic OH excluding ortho intramolecular Hbond substituents is 1. The molecule has 124 valence electrons. The summed E-state index contributed by atoms with van der Waals surface area (Å²) in [5.41, 5.74) is 0.484. The van der Waals surface area contributed by atoms with Crippen molar-refractivity contribution in [3.05, 3.63) is 23.5 Å². The second-order valence-electron chi connectivity index (χ2n) is 4.18. The molecule has 0 spiro atoms. The molecular formula is C13H14F2N4O3S. The number of aromatic nitrogens is 3. The largest absolute Gasteiger partial charge is 0.502 e. The molecule has 1 aromatic carbocycles. The van der Waals surface area contributed by atoms with Crippen molar-refractivity contribution in [1.29, 1.82) is 0 Å². The first-order valence-corrected chi connectivity index (χ1v) is 7.51. The van der Waals surface area contributed by atoms with E-state index in [0.717, 1.165) is 16.4 Å². The van der Waals surface area contributed by atoms with Crippen LogP contribution in [0.4, 0.5) is 8.78 Å². The van der Waals surface area contributed by atoms with Gasteiger partial charge in [0.15, 0.2) is 11.5 Å². The molecule has 7 nitrogen and oxygen atoms in total. The highest BCUT2D eigenvalue weighted by Crippen LogP contribution is 2.36. The summed E-state index contributed by atoms with van der Waals surface area (Å²) in [5.74, 6) is -0.361. The highest BCUT2D eigenvalue weighted by molar-refractivity contribution is 7.98. The molecule has 2 aromatic rings. The summed E-state index contributed by atoms with van der Waals surface area (Å²) in [5, 5.41) is 21.1. The third-order valence-electron chi connectivity index (χ3n) is 2.84. The van der Waals surface area contributed by atoms with Crippen LogP contribution in [-0.2, 0) is 0 Å². The van der Waals surface area contributed by atoms with Crippen molar-refractivity contribution >= 4 is 18.0 Å². The van der Waals surface area contributed by atoms with Gasteiger partial charge >= 0.3 is 0 Å². The van der Waals surface area contributed by atoms with Crippen LogP contribution in [0.25, 0.3) is 0 Å². The molecule has 1 aromatic heterocycles. The number of aromatic hydroxyl groups is 1. The maximum Gasteiger partial charge on any atom is 0.299 e. The minimum absolute atomic E-state index is 0.158. The molecule has 0 amide bonds. The summed E-state index contributed by atoms with van der Waals surface area (Å²) in [6, 6.07) is 2.99. The lowest BCUT2D eigenvalue weighted by molar-refractivity contribution is 0.135. The number of phenols is 1. The summed E-state index contributed by atoms with van der Waals surface area (Å²) >= 11 is 1.14.